The van der Waals surface area contributed by atoms with Gasteiger partial charge in [0.1, 0.15) is 0 Å². The van der Waals surface area contributed by atoms with Crippen LogP contribution in [-0.4, -0.2) is 5.71 Å². The van der Waals surface area contributed by atoms with Crippen LogP contribution >= 0.6 is 0 Å². The van der Waals surface area contributed by atoms with Gasteiger partial charge in [0.2, 0.25) is 0 Å². The van der Waals surface area contributed by atoms with Crippen LogP contribution in [0.1, 0.15) is 25.8 Å². The quantitative estimate of drug-likeness (QED) is 0.682. The van der Waals surface area contributed by atoms with Gasteiger partial charge in [-0.25, -0.2) is 0 Å². The van der Waals surface area contributed by atoms with Gasteiger partial charge in [0.25, 0.3) is 0 Å². The van der Waals surface area contributed by atoms with Crippen molar-refractivity contribution >= 4 is 11.3 Å². The molecule has 1 unspecified atom stereocenters. The summed E-state index contributed by atoms with van der Waals surface area (Å²) in [5.74, 6) is 0.408. The second-order valence-corrected chi connectivity index (χ2v) is 3.97. The van der Waals surface area contributed by atoms with Crippen molar-refractivity contribution in [3.63, 3.8) is 0 Å². The summed E-state index contributed by atoms with van der Waals surface area (Å²) in [6.45, 7) is 4.05. The summed E-state index contributed by atoms with van der Waals surface area (Å²) in [6, 6.07) is 10.5. The van der Waals surface area contributed by atoms with Gasteiger partial charge in [-0.2, -0.15) is 0 Å². The zero-order valence-corrected chi connectivity index (χ0v) is 8.67. The molecule has 0 heterocycles. The molecule has 0 saturated carbocycles. The van der Waals surface area contributed by atoms with Gasteiger partial charge in [0.05, 0.1) is 0 Å². The van der Waals surface area contributed by atoms with Crippen LogP contribution in [0, 0.1) is 11.3 Å². The monoisotopic (exact) mass is 185 g/mol. The fourth-order valence-electron chi connectivity index (χ4n) is 2.06. The Morgan fingerprint density at radius 2 is 1.93 bits per heavy atom. The summed E-state index contributed by atoms with van der Waals surface area (Å²) in [7, 11) is 0. The van der Waals surface area contributed by atoms with Crippen molar-refractivity contribution in [2.75, 3.05) is 0 Å². The van der Waals surface area contributed by atoms with Crippen LogP contribution in [0.4, 0.5) is 0 Å². The molecule has 0 aliphatic heterocycles. The highest BCUT2D eigenvalue weighted by molar-refractivity contribution is 5.93. The zero-order valence-electron chi connectivity index (χ0n) is 8.67. The summed E-state index contributed by atoms with van der Waals surface area (Å²) in [6.07, 6.45) is 1.05. The van der Waals surface area contributed by atoms with Crippen molar-refractivity contribution in [2.45, 2.75) is 20.3 Å². The van der Waals surface area contributed by atoms with Gasteiger partial charge in [0.15, 0.2) is 0 Å². The Morgan fingerprint density at radius 3 is 2.43 bits per heavy atom. The number of hydrogen-bond donors (Lipinski definition) is 1. The SMILES string of the molecule is CC(=N)C1CC(c2ccccc2)=C1C. The molecule has 0 aromatic heterocycles. The van der Waals surface area contributed by atoms with Gasteiger partial charge in [-0.3, -0.25) is 0 Å². The molecule has 14 heavy (non-hydrogen) atoms. The molecule has 2 rings (SSSR count). The highest BCUT2D eigenvalue weighted by Crippen LogP contribution is 2.41. The Labute approximate surface area is 85.0 Å². The predicted octanol–water partition coefficient (Wildman–Crippen LogP) is 3.52. The normalized spacial score (nSPS) is 20.6. The summed E-state index contributed by atoms with van der Waals surface area (Å²) >= 11 is 0. The van der Waals surface area contributed by atoms with Crippen LogP contribution in [0.25, 0.3) is 5.57 Å². The Morgan fingerprint density at radius 1 is 1.29 bits per heavy atom. The second-order valence-electron chi connectivity index (χ2n) is 3.97. The molecule has 1 heteroatoms. The van der Waals surface area contributed by atoms with Gasteiger partial charge >= 0.3 is 0 Å². The molecule has 1 aliphatic carbocycles. The van der Waals surface area contributed by atoms with Crippen molar-refractivity contribution in [1.29, 1.82) is 5.41 Å². The molecule has 0 amide bonds. The fraction of sp³-hybridized carbons (Fsp3) is 0.308. The third kappa shape index (κ3) is 1.39. The summed E-state index contributed by atoms with van der Waals surface area (Å²) in [5.41, 5.74) is 4.93. The van der Waals surface area contributed by atoms with Crippen LogP contribution < -0.4 is 0 Å². The van der Waals surface area contributed by atoms with Crippen molar-refractivity contribution in [3.8, 4) is 0 Å². The smallest absolute Gasteiger partial charge is 0.0216 e. The van der Waals surface area contributed by atoms with E-state index in [-0.39, 0.29) is 0 Å². The Hall–Kier alpha value is -1.37. The molecular weight excluding hydrogens is 170 g/mol. The lowest BCUT2D eigenvalue weighted by atomic mass is 9.73. The minimum atomic E-state index is 0.408. The number of benzene rings is 1. The molecule has 0 spiro atoms. The van der Waals surface area contributed by atoms with Crippen molar-refractivity contribution in [1.82, 2.24) is 0 Å². The standard InChI is InChI=1S/C13H15N/c1-9-12(10(2)14)8-13(9)11-6-4-3-5-7-11/h3-7,12,14H,8H2,1-2H3. The van der Waals surface area contributed by atoms with Gasteiger partial charge in [0, 0.05) is 11.6 Å². The third-order valence-corrected chi connectivity index (χ3v) is 3.05. The minimum Gasteiger partial charge on any atom is -0.309 e. The van der Waals surface area contributed by atoms with Crippen LogP contribution in [0.15, 0.2) is 35.9 Å². The van der Waals surface area contributed by atoms with E-state index in [1.165, 1.54) is 16.7 Å². The first-order chi connectivity index (χ1) is 6.70. The van der Waals surface area contributed by atoms with E-state index in [1.807, 2.05) is 13.0 Å². The first kappa shape index (κ1) is 9.20. The van der Waals surface area contributed by atoms with E-state index in [0.29, 0.717) is 5.92 Å². The lowest BCUT2D eigenvalue weighted by molar-refractivity contribution is 0.749. The average Bonchev–Trinajstić information content (AvgIpc) is 2.17. The Balaban J connectivity index is 2.28. The minimum absolute atomic E-state index is 0.408. The average molecular weight is 185 g/mol. The van der Waals surface area contributed by atoms with E-state index in [2.05, 4.69) is 31.2 Å². The molecule has 1 atom stereocenters. The van der Waals surface area contributed by atoms with Crippen LogP contribution in [0.3, 0.4) is 0 Å². The molecular formula is C13H15N. The Bertz CT molecular complexity index is 387. The summed E-state index contributed by atoms with van der Waals surface area (Å²) in [5, 5.41) is 7.60. The molecule has 72 valence electrons. The van der Waals surface area contributed by atoms with E-state index < -0.39 is 0 Å². The molecule has 0 radical (unpaired) electrons. The lowest BCUT2D eigenvalue weighted by Gasteiger charge is -2.31. The predicted molar refractivity (Wildman–Crippen MR) is 60.5 cm³/mol. The van der Waals surface area contributed by atoms with Gasteiger partial charge in [-0.1, -0.05) is 35.9 Å². The van der Waals surface area contributed by atoms with Crippen LogP contribution in [0.5, 0.6) is 0 Å². The summed E-state index contributed by atoms with van der Waals surface area (Å²) < 4.78 is 0. The highest BCUT2D eigenvalue weighted by Gasteiger charge is 2.27. The van der Waals surface area contributed by atoms with E-state index in [1.54, 1.807) is 0 Å². The topological polar surface area (TPSA) is 23.9 Å². The molecule has 1 nitrogen and oxygen atoms in total. The van der Waals surface area contributed by atoms with E-state index in [0.717, 1.165) is 12.1 Å². The molecule has 1 aliphatic rings. The highest BCUT2D eigenvalue weighted by atomic mass is 14.5. The maximum absolute atomic E-state index is 7.60. The first-order valence-electron chi connectivity index (χ1n) is 5.00. The zero-order chi connectivity index (χ0) is 10.1. The fourth-order valence-corrected chi connectivity index (χ4v) is 2.06. The van der Waals surface area contributed by atoms with Gasteiger partial charge < -0.3 is 5.41 Å². The van der Waals surface area contributed by atoms with E-state index in [9.17, 15) is 0 Å². The Kier molecular flexibility index (Phi) is 2.24. The molecule has 0 fully saturated rings. The van der Waals surface area contributed by atoms with Crippen molar-refractivity contribution in [3.05, 3.63) is 41.5 Å². The number of nitrogens with one attached hydrogen (secondary N) is 1. The van der Waals surface area contributed by atoms with Gasteiger partial charge in [-0.15, -0.1) is 0 Å². The maximum Gasteiger partial charge on any atom is 0.0216 e. The molecule has 1 aromatic rings. The third-order valence-electron chi connectivity index (χ3n) is 3.05. The molecule has 0 bridgehead atoms. The first-order valence-corrected chi connectivity index (χ1v) is 5.00. The van der Waals surface area contributed by atoms with Gasteiger partial charge in [-0.05, 0) is 31.4 Å². The summed E-state index contributed by atoms with van der Waals surface area (Å²) in [4.78, 5) is 0. The largest absolute Gasteiger partial charge is 0.309 e. The van der Waals surface area contributed by atoms with E-state index >= 15 is 0 Å². The molecule has 1 aromatic carbocycles. The lowest BCUT2D eigenvalue weighted by Crippen LogP contribution is -2.22. The number of allylic oxidation sites excluding steroid dienone is 2. The van der Waals surface area contributed by atoms with Crippen molar-refractivity contribution < 1.29 is 0 Å². The molecule has 1 N–H and O–H groups in total. The van der Waals surface area contributed by atoms with Crippen LogP contribution in [0.2, 0.25) is 0 Å². The molecule has 0 saturated heterocycles. The second kappa shape index (κ2) is 3.41. The van der Waals surface area contributed by atoms with E-state index in [4.69, 9.17) is 5.41 Å². The van der Waals surface area contributed by atoms with Crippen LogP contribution in [-0.2, 0) is 0 Å². The number of rotatable bonds is 2. The maximum atomic E-state index is 7.60. The number of hydrogen-bond acceptors (Lipinski definition) is 1. The van der Waals surface area contributed by atoms with Crippen molar-refractivity contribution in [2.24, 2.45) is 5.92 Å².